The lowest BCUT2D eigenvalue weighted by Crippen LogP contribution is -2.37. The van der Waals surface area contributed by atoms with Crippen molar-refractivity contribution in [3.05, 3.63) is 183 Å². The van der Waals surface area contributed by atoms with Crippen molar-refractivity contribution in [2.24, 2.45) is 0 Å². The van der Waals surface area contributed by atoms with Crippen LogP contribution in [-0.2, 0) is 6.42 Å². The summed E-state index contributed by atoms with van der Waals surface area (Å²) in [6.07, 6.45) is -12.3. The fourth-order valence-electron chi connectivity index (χ4n) is 11.8. The summed E-state index contributed by atoms with van der Waals surface area (Å²) in [5.41, 5.74) is 0.448. The minimum absolute atomic E-state index is 0.00199. The Morgan fingerprint density at radius 2 is 0.667 bits per heavy atom. The summed E-state index contributed by atoms with van der Waals surface area (Å²) in [4.78, 5) is 0. The number of aromatic hydroxyl groups is 13. The van der Waals surface area contributed by atoms with Gasteiger partial charge in [-0.15, -0.1) is 0 Å². The van der Waals surface area contributed by atoms with E-state index in [0.29, 0.717) is 0 Å². The van der Waals surface area contributed by atoms with Crippen LogP contribution in [-0.4, -0.2) is 111 Å². The van der Waals surface area contributed by atoms with Crippen LogP contribution in [0.1, 0.15) is 103 Å². The number of benzene rings is 8. The highest BCUT2D eigenvalue weighted by Crippen LogP contribution is 2.59. The third-order valence-corrected chi connectivity index (χ3v) is 15.7. The van der Waals surface area contributed by atoms with Gasteiger partial charge in [0.05, 0.1) is 6.10 Å². The van der Waals surface area contributed by atoms with E-state index >= 15 is 0 Å². The number of hydrogen-bond acceptors (Lipinski definition) is 21. The minimum atomic E-state index is -1.82. The summed E-state index contributed by atoms with van der Waals surface area (Å²) < 4.78 is 25.2. The highest BCUT2D eigenvalue weighted by atomic mass is 16.5. The molecule has 21 heteroatoms. The van der Waals surface area contributed by atoms with Gasteiger partial charge in [-0.2, -0.15) is 0 Å². The zero-order valence-corrected chi connectivity index (χ0v) is 41.8. The first kappa shape index (κ1) is 51.9. The van der Waals surface area contributed by atoms with Crippen LogP contribution >= 0.6 is 0 Å². The van der Waals surface area contributed by atoms with Gasteiger partial charge in [0.2, 0.25) is 0 Å². The molecule has 4 aliphatic rings. The van der Waals surface area contributed by atoms with E-state index in [1.165, 1.54) is 84.9 Å². The predicted octanol–water partition coefficient (Wildman–Crippen LogP) is 6.78. The van der Waals surface area contributed by atoms with Crippen molar-refractivity contribution >= 4 is 0 Å². The molecule has 81 heavy (non-hydrogen) atoms. The summed E-state index contributed by atoms with van der Waals surface area (Å²) in [6, 6.07) is 25.1. The quantitative estimate of drug-likeness (QED) is 0.0731. The Hall–Kier alpha value is -9.80. The Labute approximate surface area is 457 Å². The van der Waals surface area contributed by atoms with E-state index in [9.17, 15) is 86.8 Å². The lowest BCUT2D eigenvalue weighted by atomic mass is 9.73. The first-order chi connectivity index (χ1) is 38.6. The van der Waals surface area contributed by atoms with Gasteiger partial charge in [-0.1, -0.05) is 30.3 Å². The Bertz CT molecular complexity index is 3860. The third-order valence-electron chi connectivity index (χ3n) is 15.7. The molecule has 12 rings (SSSR count). The second-order valence-electron chi connectivity index (χ2n) is 20.6. The number of ether oxygens (including phenoxy) is 4. The van der Waals surface area contributed by atoms with Gasteiger partial charge in [0.25, 0.3) is 0 Å². The molecular weight excluding hydrogens is 1060 g/mol. The molecule has 8 aromatic carbocycles. The topological polar surface area (TPSA) is 381 Å². The van der Waals surface area contributed by atoms with Crippen LogP contribution in [0.25, 0.3) is 0 Å². The summed E-state index contributed by atoms with van der Waals surface area (Å²) in [7, 11) is 0. The molecule has 0 aliphatic carbocycles. The molecule has 0 spiro atoms. The van der Waals surface area contributed by atoms with E-state index in [-0.39, 0.29) is 96.4 Å². The predicted molar refractivity (Wildman–Crippen MR) is 280 cm³/mol. The highest BCUT2D eigenvalue weighted by molar-refractivity contribution is 5.66. The number of rotatable bonds is 7. The van der Waals surface area contributed by atoms with Gasteiger partial charge in [-0.25, -0.2) is 0 Å². The van der Waals surface area contributed by atoms with E-state index < -0.39 is 136 Å². The maximum absolute atomic E-state index is 12.8. The molecule has 0 bridgehead atoms. The van der Waals surface area contributed by atoms with Crippen LogP contribution in [0.2, 0.25) is 0 Å². The van der Waals surface area contributed by atoms with Gasteiger partial charge >= 0.3 is 0 Å². The van der Waals surface area contributed by atoms with Crippen molar-refractivity contribution < 1.29 is 106 Å². The van der Waals surface area contributed by atoms with E-state index in [2.05, 4.69) is 0 Å². The molecule has 0 saturated heterocycles. The van der Waals surface area contributed by atoms with Gasteiger partial charge in [0.15, 0.2) is 64.3 Å². The molecule has 0 fully saturated rings. The zero-order chi connectivity index (χ0) is 57.2. The lowest BCUT2D eigenvalue weighted by Gasteiger charge is -2.41. The molecule has 0 saturated carbocycles. The second-order valence-corrected chi connectivity index (χ2v) is 20.6. The van der Waals surface area contributed by atoms with Crippen molar-refractivity contribution in [1.29, 1.82) is 0 Å². The van der Waals surface area contributed by atoms with Crippen molar-refractivity contribution in [3.8, 4) is 97.7 Å². The maximum Gasteiger partial charge on any atom is 0.157 e. The average Bonchev–Trinajstić information content (AvgIpc) is 3.63. The number of aliphatic hydroxyl groups is 4. The van der Waals surface area contributed by atoms with Gasteiger partial charge in [-0.3, -0.25) is 0 Å². The van der Waals surface area contributed by atoms with Crippen LogP contribution in [0.3, 0.4) is 0 Å². The molecule has 0 aromatic heterocycles. The van der Waals surface area contributed by atoms with E-state index in [0.717, 1.165) is 36.4 Å². The van der Waals surface area contributed by atoms with Crippen LogP contribution in [0.4, 0.5) is 0 Å². The average molecular weight is 1110 g/mol. The molecule has 0 radical (unpaired) electrons. The summed E-state index contributed by atoms with van der Waals surface area (Å²) >= 11 is 0. The molecule has 416 valence electrons. The van der Waals surface area contributed by atoms with Gasteiger partial charge in [-0.05, 0) is 89.0 Å². The van der Waals surface area contributed by atoms with E-state index in [1.807, 2.05) is 0 Å². The first-order valence-corrected chi connectivity index (χ1v) is 25.3. The molecular formula is C60H50O21. The zero-order valence-electron chi connectivity index (χ0n) is 41.8. The van der Waals surface area contributed by atoms with Crippen LogP contribution < -0.4 is 18.9 Å². The van der Waals surface area contributed by atoms with E-state index in [1.54, 1.807) is 0 Å². The number of hydrogen-bond donors (Lipinski definition) is 17. The molecule has 8 aromatic rings. The molecule has 11 atom stereocenters. The van der Waals surface area contributed by atoms with Crippen LogP contribution in [0, 0.1) is 0 Å². The fourth-order valence-corrected chi connectivity index (χ4v) is 11.8. The third kappa shape index (κ3) is 8.57. The number of aliphatic hydroxyl groups excluding tert-OH is 4. The number of phenolic OH excluding ortho intramolecular Hbond substituents is 13. The molecule has 4 heterocycles. The smallest absolute Gasteiger partial charge is 0.157 e. The lowest BCUT2D eigenvalue weighted by molar-refractivity contribution is 0.00369. The second kappa shape index (κ2) is 19.2. The Morgan fingerprint density at radius 1 is 0.296 bits per heavy atom. The number of phenols is 13. The first-order valence-electron chi connectivity index (χ1n) is 25.3. The molecule has 17 N–H and O–H groups in total. The Morgan fingerprint density at radius 3 is 1.11 bits per heavy atom. The number of fused-ring (bicyclic) bond motifs is 4. The van der Waals surface area contributed by atoms with E-state index in [4.69, 9.17) is 18.9 Å². The van der Waals surface area contributed by atoms with Gasteiger partial charge < -0.3 is 106 Å². The van der Waals surface area contributed by atoms with Gasteiger partial charge in [0, 0.05) is 87.4 Å². The normalized spacial score (nSPS) is 24.4. The monoisotopic (exact) mass is 1110 g/mol. The highest BCUT2D eigenvalue weighted by Gasteiger charge is 2.48. The minimum Gasteiger partial charge on any atom is -0.508 e. The summed E-state index contributed by atoms with van der Waals surface area (Å²) in [6.45, 7) is 0. The SMILES string of the molecule is Oc1ccc2c(c1)O[C@@H](c1ccc(O)c(O)c1)[C@H](O)C2c1cc2c(cc1O)O[C@@H](c1ccc(O)c(O)c1)[C@H](O)[C@@H]2c1cc2c(cc1O)O[C@@H](c1ccc(O)c(O)c1)[C@H](O)[C@H]2c1c(O)cc2c(c1O)C[C@H](O)[C@@H](c1ccc(O)c(O)c1)O2. The maximum atomic E-state index is 12.8. The summed E-state index contributed by atoms with van der Waals surface area (Å²) in [5, 5.41) is 192. The van der Waals surface area contributed by atoms with Crippen molar-refractivity contribution in [2.75, 3.05) is 0 Å². The molecule has 4 aliphatic heterocycles. The van der Waals surface area contributed by atoms with Gasteiger partial charge in [0.1, 0.15) is 76.2 Å². The fraction of sp³-hybridized carbons (Fsp3) is 0.200. The largest absolute Gasteiger partial charge is 0.508 e. The molecule has 21 nitrogen and oxygen atoms in total. The van der Waals surface area contributed by atoms with Crippen LogP contribution in [0.15, 0.2) is 121 Å². The summed E-state index contributed by atoms with van der Waals surface area (Å²) in [5.74, 6) is -11.2. The standard InChI is InChI=1S/C60H50O21/c61-26-5-6-27-45(15-26)79-58(23-2-8-34(63)40(69)12-23)54(75)49(27)28-16-30-46(19-37(28)66)80-59(24-3-9-35(64)41(70)13-24)55(76)50(30)29-17-31-47(20-38(29)67)81-60(25-4-10-36(65)42(71)14-25)56(77)51(31)52-43(72)21-48-32(53(52)74)18-44(73)57(78-48)22-1-7-33(62)39(68)11-22/h1-17,19-21,44,49-51,54-77H,18H2/t44-,49?,50+,51+,54+,55+,56+,57+,58-,59-,60-/m0/s1. The van der Waals surface area contributed by atoms with Crippen molar-refractivity contribution in [1.82, 2.24) is 0 Å². The van der Waals surface area contributed by atoms with Crippen molar-refractivity contribution in [2.45, 2.75) is 73.0 Å². The molecule has 1 unspecified atom stereocenters. The van der Waals surface area contributed by atoms with Crippen molar-refractivity contribution in [3.63, 3.8) is 0 Å². The molecule has 0 amide bonds. The Balaban J connectivity index is 1.04. The van der Waals surface area contributed by atoms with Crippen LogP contribution in [0.5, 0.6) is 97.7 Å². The Kier molecular flexibility index (Phi) is 12.3.